The first-order valence-electron chi connectivity index (χ1n) is 4.88. The average Bonchev–Trinajstić information content (AvgIpc) is 2.26. The van der Waals surface area contributed by atoms with Gasteiger partial charge in [0.15, 0.2) is 0 Å². The van der Waals surface area contributed by atoms with Crippen LogP contribution in [0.4, 0.5) is 0 Å². The maximum absolute atomic E-state index is 11.1. The molecule has 0 unspecified atom stereocenters. The Kier molecular flexibility index (Phi) is 4.86. The summed E-state index contributed by atoms with van der Waals surface area (Å²) >= 11 is 0. The van der Waals surface area contributed by atoms with Gasteiger partial charge in [-0.2, -0.15) is 0 Å². The third-order valence-electron chi connectivity index (χ3n) is 2.47. The maximum atomic E-state index is 11.1. The fourth-order valence-electron chi connectivity index (χ4n) is 1.54. The van der Waals surface area contributed by atoms with Crippen molar-refractivity contribution in [2.75, 3.05) is 53.0 Å². The molecule has 1 N–H and O–H groups in total. The van der Waals surface area contributed by atoms with Crippen LogP contribution in [-0.2, 0) is 9.53 Å². The van der Waals surface area contributed by atoms with Gasteiger partial charge in [0.05, 0.1) is 6.61 Å². The van der Waals surface area contributed by atoms with Crippen LogP contribution in [0.25, 0.3) is 0 Å². The Morgan fingerprint density at radius 2 is 2.00 bits per heavy atom. The van der Waals surface area contributed by atoms with Gasteiger partial charge >= 0.3 is 0 Å². The maximum Gasteiger partial charge on any atom is 0.248 e. The predicted octanol–water partition coefficient (Wildman–Crippen LogP) is -1.23. The van der Waals surface area contributed by atoms with Gasteiger partial charge in [0.2, 0.25) is 5.91 Å². The fraction of sp³-hybridized carbons (Fsp3) is 0.889. The zero-order valence-corrected chi connectivity index (χ0v) is 8.61. The molecule has 0 radical (unpaired) electrons. The first-order chi connectivity index (χ1) is 6.77. The van der Waals surface area contributed by atoms with Gasteiger partial charge < -0.3 is 14.7 Å². The van der Waals surface area contributed by atoms with Gasteiger partial charge in [0.1, 0.15) is 6.61 Å². The summed E-state index contributed by atoms with van der Waals surface area (Å²) in [6.07, 6.45) is 0. The van der Waals surface area contributed by atoms with Crippen LogP contribution < -0.4 is 0 Å². The number of ether oxygens (including phenoxy) is 1. The van der Waals surface area contributed by atoms with E-state index in [0.717, 1.165) is 26.2 Å². The highest BCUT2D eigenvalue weighted by Crippen LogP contribution is 2.01. The summed E-state index contributed by atoms with van der Waals surface area (Å²) in [5.41, 5.74) is 0. The molecule has 1 aliphatic heterocycles. The quantitative estimate of drug-likeness (QED) is 0.620. The summed E-state index contributed by atoms with van der Waals surface area (Å²) in [6, 6.07) is 0. The lowest BCUT2D eigenvalue weighted by Gasteiger charge is -2.34. The summed E-state index contributed by atoms with van der Waals surface area (Å²) in [6.45, 7) is 4.43. The van der Waals surface area contributed by atoms with E-state index in [-0.39, 0.29) is 12.5 Å². The highest BCUT2D eigenvalue weighted by molar-refractivity contribution is 5.77. The topological polar surface area (TPSA) is 53.0 Å². The van der Waals surface area contributed by atoms with E-state index in [0.29, 0.717) is 13.1 Å². The van der Waals surface area contributed by atoms with E-state index in [9.17, 15) is 4.79 Å². The zero-order chi connectivity index (χ0) is 10.4. The first kappa shape index (κ1) is 11.4. The summed E-state index contributed by atoms with van der Waals surface area (Å²) in [5, 5.41) is 8.67. The number of carbonyl (C=O) groups is 1. The second kappa shape index (κ2) is 5.95. The molecule has 1 aliphatic rings. The number of hydrogen-bond donors (Lipinski definition) is 1. The molecule has 0 aliphatic carbocycles. The van der Waals surface area contributed by atoms with Crippen LogP contribution in [0.15, 0.2) is 0 Å². The van der Waals surface area contributed by atoms with Crippen molar-refractivity contribution in [2.45, 2.75) is 0 Å². The number of nitrogens with zero attached hydrogens (tertiary/aromatic N) is 2. The molecule has 82 valence electrons. The van der Waals surface area contributed by atoms with Crippen LogP contribution in [0.5, 0.6) is 0 Å². The van der Waals surface area contributed by atoms with E-state index in [2.05, 4.69) is 4.90 Å². The van der Waals surface area contributed by atoms with Gasteiger partial charge in [-0.05, 0) is 0 Å². The third-order valence-corrected chi connectivity index (χ3v) is 2.47. The van der Waals surface area contributed by atoms with Crippen molar-refractivity contribution < 1.29 is 14.6 Å². The normalized spacial score (nSPS) is 18.6. The number of aliphatic hydroxyl groups is 1. The Balaban J connectivity index is 2.20. The van der Waals surface area contributed by atoms with E-state index in [1.54, 1.807) is 12.0 Å². The number of rotatable bonds is 4. The van der Waals surface area contributed by atoms with Gasteiger partial charge in [-0.1, -0.05) is 0 Å². The minimum atomic E-state index is -0.377. The van der Waals surface area contributed by atoms with Gasteiger partial charge in [-0.3, -0.25) is 9.69 Å². The van der Waals surface area contributed by atoms with Crippen molar-refractivity contribution >= 4 is 5.91 Å². The Morgan fingerprint density at radius 3 is 2.50 bits per heavy atom. The van der Waals surface area contributed by atoms with Crippen LogP contribution >= 0.6 is 0 Å². The number of methoxy groups -OCH3 is 1. The van der Waals surface area contributed by atoms with Crippen molar-refractivity contribution in [2.24, 2.45) is 0 Å². The average molecular weight is 202 g/mol. The third kappa shape index (κ3) is 3.25. The zero-order valence-electron chi connectivity index (χ0n) is 8.61. The molecule has 0 aromatic carbocycles. The number of hydrogen-bond acceptors (Lipinski definition) is 4. The van der Waals surface area contributed by atoms with E-state index < -0.39 is 0 Å². The summed E-state index contributed by atoms with van der Waals surface area (Å²) < 4.78 is 4.98. The standard InChI is InChI=1S/C9H18N2O3/c1-14-7-6-10-2-4-11(5-3-10)9(13)8-12/h12H,2-8H2,1H3. The molecule has 5 heteroatoms. The lowest BCUT2D eigenvalue weighted by Crippen LogP contribution is -2.50. The molecule has 1 saturated heterocycles. The Labute approximate surface area is 84.2 Å². The van der Waals surface area contributed by atoms with Crippen LogP contribution in [0, 0.1) is 0 Å². The molecular weight excluding hydrogens is 184 g/mol. The minimum absolute atomic E-state index is 0.170. The number of amides is 1. The number of piperazine rings is 1. The van der Waals surface area contributed by atoms with E-state index in [1.807, 2.05) is 0 Å². The van der Waals surface area contributed by atoms with Crippen molar-refractivity contribution in [3.63, 3.8) is 0 Å². The molecule has 0 atom stereocenters. The lowest BCUT2D eigenvalue weighted by atomic mass is 10.3. The smallest absolute Gasteiger partial charge is 0.248 e. The summed E-state index contributed by atoms with van der Waals surface area (Å²) in [4.78, 5) is 15.1. The second-order valence-corrected chi connectivity index (χ2v) is 3.37. The first-order valence-corrected chi connectivity index (χ1v) is 4.88. The van der Waals surface area contributed by atoms with Gasteiger partial charge in [-0.15, -0.1) is 0 Å². The number of carbonyl (C=O) groups excluding carboxylic acids is 1. The van der Waals surface area contributed by atoms with E-state index in [4.69, 9.17) is 9.84 Å². The SMILES string of the molecule is COCCN1CCN(C(=O)CO)CC1. The number of aliphatic hydroxyl groups excluding tert-OH is 1. The molecular formula is C9H18N2O3. The van der Waals surface area contributed by atoms with Crippen LogP contribution in [-0.4, -0.2) is 73.9 Å². The van der Waals surface area contributed by atoms with E-state index in [1.165, 1.54) is 0 Å². The van der Waals surface area contributed by atoms with Gasteiger partial charge in [-0.25, -0.2) is 0 Å². The molecule has 0 aromatic heterocycles. The van der Waals surface area contributed by atoms with Gasteiger partial charge in [0.25, 0.3) is 0 Å². The molecule has 5 nitrogen and oxygen atoms in total. The highest BCUT2D eigenvalue weighted by atomic mass is 16.5. The molecule has 0 saturated carbocycles. The monoisotopic (exact) mass is 202 g/mol. The molecule has 1 rings (SSSR count). The highest BCUT2D eigenvalue weighted by Gasteiger charge is 2.19. The molecule has 1 amide bonds. The molecule has 14 heavy (non-hydrogen) atoms. The Hall–Kier alpha value is -0.650. The summed E-state index contributed by atoms with van der Waals surface area (Å²) in [5.74, 6) is -0.170. The van der Waals surface area contributed by atoms with E-state index >= 15 is 0 Å². The van der Waals surface area contributed by atoms with Crippen LogP contribution in [0.2, 0.25) is 0 Å². The molecule has 0 aromatic rings. The molecule has 0 spiro atoms. The molecule has 1 fully saturated rings. The summed E-state index contributed by atoms with van der Waals surface area (Å²) in [7, 11) is 1.69. The second-order valence-electron chi connectivity index (χ2n) is 3.37. The van der Waals surface area contributed by atoms with Crippen molar-refractivity contribution in [3.05, 3.63) is 0 Å². The van der Waals surface area contributed by atoms with Crippen molar-refractivity contribution in [1.29, 1.82) is 0 Å². The molecule has 1 heterocycles. The fourth-order valence-corrected chi connectivity index (χ4v) is 1.54. The predicted molar refractivity (Wildman–Crippen MR) is 52.0 cm³/mol. The lowest BCUT2D eigenvalue weighted by molar-refractivity contribution is -0.135. The largest absolute Gasteiger partial charge is 0.387 e. The van der Waals surface area contributed by atoms with Gasteiger partial charge in [0, 0.05) is 39.8 Å². The van der Waals surface area contributed by atoms with Crippen molar-refractivity contribution in [3.8, 4) is 0 Å². The minimum Gasteiger partial charge on any atom is -0.387 e. The Morgan fingerprint density at radius 1 is 1.36 bits per heavy atom. The molecule has 0 bridgehead atoms. The van der Waals surface area contributed by atoms with Crippen LogP contribution in [0.1, 0.15) is 0 Å². The van der Waals surface area contributed by atoms with Crippen molar-refractivity contribution in [1.82, 2.24) is 9.80 Å². The van der Waals surface area contributed by atoms with Crippen LogP contribution in [0.3, 0.4) is 0 Å². The Bertz CT molecular complexity index is 179.